The molecule has 0 aliphatic heterocycles. The number of hydrogen-bond donors (Lipinski definition) is 2. The average Bonchev–Trinajstić information content (AvgIpc) is 2.97. The van der Waals surface area contributed by atoms with Crippen molar-refractivity contribution in [3.05, 3.63) is 81.8 Å². The Morgan fingerprint density at radius 1 is 1.21 bits per heavy atom. The molecule has 0 fully saturated rings. The van der Waals surface area contributed by atoms with Gasteiger partial charge in [0, 0.05) is 16.9 Å². The average molecular weight is 358 g/mol. The lowest BCUT2D eigenvalue weighted by atomic mass is 10.1. The summed E-state index contributed by atoms with van der Waals surface area (Å²) in [5, 5.41) is 3.62. The lowest BCUT2D eigenvalue weighted by Crippen LogP contribution is -2.28. The molecule has 1 amide bonds. The van der Waals surface area contributed by atoms with E-state index in [1.165, 1.54) is 0 Å². The summed E-state index contributed by atoms with van der Waals surface area (Å²) >= 11 is 11.3. The first kappa shape index (κ1) is 16.5. The fourth-order valence-electron chi connectivity index (χ4n) is 2.50. The predicted molar refractivity (Wildman–Crippen MR) is 98.3 cm³/mol. The molecule has 0 bridgehead atoms. The number of rotatable bonds is 4. The largest absolute Gasteiger partial charge is 0.344 e. The van der Waals surface area contributed by atoms with Gasteiger partial charge in [0.05, 0.1) is 6.04 Å². The number of para-hydroxylation sites is 1. The Morgan fingerprint density at radius 3 is 2.67 bits per heavy atom. The van der Waals surface area contributed by atoms with E-state index in [9.17, 15) is 4.79 Å². The second-order valence-corrected chi connectivity index (χ2v) is 6.22. The maximum atomic E-state index is 12.7. The van der Waals surface area contributed by atoms with Crippen LogP contribution in [-0.2, 0) is 0 Å². The second-order valence-electron chi connectivity index (χ2n) is 5.40. The molecule has 6 heteroatoms. The van der Waals surface area contributed by atoms with Crippen LogP contribution in [0.5, 0.6) is 0 Å². The minimum atomic E-state index is -0.210. The molecule has 1 atom stereocenters. The van der Waals surface area contributed by atoms with Crippen molar-refractivity contribution in [2.24, 2.45) is 0 Å². The van der Waals surface area contributed by atoms with E-state index in [-0.39, 0.29) is 11.9 Å². The van der Waals surface area contributed by atoms with Crippen LogP contribution in [0, 0.1) is 4.77 Å². The van der Waals surface area contributed by atoms with Crippen LogP contribution in [0.15, 0.2) is 60.8 Å². The lowest BCUT2D eigenvalue weighted by Gasteiger charge is -2.15. The number of hydrogen-bond acceptors (Lipinski definition) is 2. The first-order chi connectivity index (χ1) is 11.6. The minimum Gasteiger partial charge on any atom is -0.344 e. The normalized spacial score (nSPS) is 11.9. The third-order valence-corrected chi connectivity index (χ3v) is 4.26. The van der Waals surface area contributed by atoms with E-state index in [0.29, 0.717) is 15.5 Å². The Bertz CT molecular complexity index is 917. The highest BCUT2D eigenvalue weighted by Crippen LogP contribution is 2.19. The van der Waals surface area contributed by atoms with Gasteiger partial charge in [0.2, 0.25) is 0 Å². The smallest absolute Gasteiger partial charge is 0.270 e. The number of benzene rings is 2. The molecule has 24 heavy (non-hydrogen) atoms. The number of amides is 1. The van der Waals surface area contributed by atoms with Crippen LogP contribution in [0.25, 0.3) is 5.69 Å². The molecule has 0 aliphatic rings. The van der Waals surface area contributed by atoms with E-state index < -0.39 is 0 Å². The first-order valence-corrected chi connectivity index (χ1v) is 8.27. The van der Waals surface area contributed by atoms with Crippen molar-refractivity contribution in [3.63, 3.8) is 0 Å². The van der Waals surface area contributed by atoms with Gasteiger partial charge in [-0.2, -0.15) is 0 Å². The molecule has 0 saturated carbocycles. The topological polar surface area (TPSA) is 49.8 Å². The van der Waals surface area contributed by atoms with Gasteiger partial charge in [0.15, 0.2) is 4.77 Å². The summed E-state index contributed by atoms with van der Waals surface area (Å²) in [6, 6.07) is 16.8. The van der Waals surface area contributed by atoms with Gasteiger partial charge in [0.1, 0.15) is 5.69 Å². The molecule has 3 rings (SSSR count). The Balaban J connectivity index is 1.88. The van der Waals surface area contributed by atoms with Crippen molar-refractivity contribution in [2.45, 2.75) is 13.0 Å². The van der Waals surface area contributed by atoms with Crippen LogP contribution in [0.3, 0.4) is 0 Å². The SMILES string of the molecule is C[C@@H](NC(=O)c1c[nH]c(=S)n1-c1ccccc1)c1cccc(Cl)c1. The van der Waals surface area contributed by atoms with E-state index >= 15 is 0 Å². The molecule has 2 aromatic carbocycles. The predicted octanol–water partition coefficient (Wildman–Crippen LogP) is 4.68. The highest BCUT2D eigenvalue weighted by atomic mass is 35.5. The molecular weight excluding hydrogens is 342 g/mol. The van der Waals surface area contributed by atoms with Crippen LogP contribution in [0.2, 0.25) is 5.02 Å². The zero-order valence-corrected chi connectivity index (χ0v) is 14.6. The van der Waals surface area contributed by atoms with E-state index in [4.69, 9.17) is 23.8 Å². The maximum Gasteiger partial charge on any atom is 0.270 e. The van der Waals surface area contributed by atoms with Gasteiger partial charge in [-0.1, -0.05) is 41.9 Å². The van der Waals surface area contributed by atoms with Gasteiger partial charge in [-0.05, 0) is 49.0 Å². The van der Waals surface area contributed by atoms with Crippen molar-refractivity contribution in [1.29, 1.82) is 0 Å². The van der Waals surface area contributed by atoms with Gasteiger partial charge in [-0.3, -0.25) is 9.36 Å². The number of carbonyl (C=O) groups is 1. The van der Waals surface area contributed by atoms with Gasteiger partial charge in [-0.25, -0.2) is 0 Å². The van der Waals surface area contributed by atoms with Crippen LogP contribution in [0.1, 0.15) is 29.0 Å². The third-order valence-electron chi connectivity index (χ3n) is 3.72. The number of aromatic amines is 1. The van der Waals surface area contributed by atoms with E-state index in [2.05, 4.69) is 10.3 Å². The fourth-order valence-corrected chi connectivity index (χ4v) is 2.96. The van der Waals surface area contributed by atoms with Crippen LogP contribution >= 0.6 is 23.8 Å². The van der Waals surface area contributed by atoms with Gasteiger partial charge >= 0.3 is 0 Å². The van der Waals surface area contributed by atoms with E-state index in [1.807, 2.05) is 55.5 Å². The van der Waals surface area contributed by atoms with Crippen molar-refractivity contribution in [2.75, 3.05) is 0 Å². The molecule has 1 aromatic heterocycles. The first-order valence-electron chi connectivity index (χ1n) is 7.48. The van der Waals surface area contributed by atoms with E-state index in [0.717, 1.165) is 11.3 Å². The zero-order valence-electron chi connectivity index (χ0n) is 13.0. The molecule has 0 saturated heterocycles. The number of H-pyrrole nitrogens is 1. The Hall–Kier alpha value is -2.37. The Kier molecular flexibility index (Phi) is 4.83. The summed E-state index contributed by atoms with van der Waals surface area (Å²) in [5.41, 5.74) is 2.24. The Morgan fingerprint density at radius 2 is 1.96 bits per heavy atom. The number of aromatic nitrogens is 2. The molecule has 0 unspecified atom stereocenters. The molecule has 0 spiro atoms. The minimum absolute atomic E-state index is 0.177. The third kappa shape index (κ3) is 3.42. The Labute approximate surface area is 150 Å². The molecule has 122 valence electrons. The number of nitrogens with one attached hydrogen (secondary N) is 2. The molecule has 2 N–H and O–H groups in total. The van der Waals surface area contributed by atoms with Crippen LogP contribution < -0.4 is 5.32 Å². The monoisotopic (exact) mass is 357 g/mol. The number of carbonyl (C=O) groups excluding carboxylic acids is 1. The highest BCUT2D eigenvalue weighted by molar-refractivity contribution is 7.71. The summed E-state index contributed by atoms with van der Waals surface area (Å²) in [4.78, 5) is 15.6. The lowest BCUT2D eigenvalue weighted by molar-refractivity contribution is 0.0933. The number of imidazole rings is 1. The van der Waals surface area contributed by atoms with Crippen molar-refractivity contribution in [1.82, 2.24) is 14.9 Å². The second kappa shape index (κ2) is 7.03. The molecule has 0 aliphatic carbocycles. The van der Waals surface area contributed by atoms with Crippen molar-refractivity contribution < 1.29 is 4.79 Å². The molecule has 1 heterocycles. The summed E-state index contributed by atoms with van der Waals surface area (Å²) in [7, 11) is 0. The van der Waals surface area contributed by atoms with Crippen molar-refractivity contribution >= 4 is 29.7 Å². The molecular formula is C18H16ClN3OS. The van der Waals surface area contributed by atoms with Crippen molar-refractivity contribution in [3.8, 4) is 5.69 Å². The summed E-state index contributed by atoms with van der Waals surface area (Å²) in [6.07, 6.45) is 1.62. The number of halogens is 1. The van der Waals surface area contributed by atoms with Gasteiger partial charge in [0.25, 0.3) is 5.91 Å². The fraction of sp³-hybridized carbons (Fsp3) is 0.111. The maximum absolute atomic E-state index is 12.7. The molecule has 3 aromatic rings. The summed E-state index contributed by atoms with van der Waals surface area (Å²) in [6.45, 7) is 1.91. The zero-order chi connectivity index (χ0) is 17.1. The molecule has 4 nitrogen and oxygen atoms in total. The quantitative estimate of drug-likeness (QED) is 0.666. The van der Waals surface area contributed by atoms with E-state index in [1.54, 1.807) is 16.8 Å². The van der Waals surface area contributed by atoms with Crippen LogP contribution in [-0.4, -0.2) is 15.5 Å². The standard InChI is InChI=1S/C18H16ClN3OS/c1-12(13-6-5-7-14(19)10-13)21-17(23)16-11-20-18(24)22(16)15-8-3-2-4-9-15/h2-12H,1H3,(H,20,24)(H,21,23)/t12-/m1/s1. The summed E-state index contributed by atoms with van der Waals surface area (Å²) < 4.78 is 2.19. The molecule has 0 radical (unpaired) electrons. The summed E-state index contributed by atoms with van der Waals surface area (Å²) in [5.74, 6) is -0.210. The number of nitrogens with zero attached hydrogens (tertiary/aromatic N) is 1. The van der Waals surface area contributed by atoms with Gasteiger partial charge < -0.3 is 10.3 Å². The highest BCUT2D eigenvalue weighted by Gasteiger charge is 2.17. The van der Waals surface area contributed by atoms with Crippen LogP contribution in [0.4, 0.5) is 0 Å². The van der Waals surface area contributed by atoms with Gasteiger partial charge in [-0.15, -0.1) is 0 Å².